The number of hydrogen-bond donors (Lipinski definition) is 2. The molecule has 0 aliphatic carbocycles. The summed E-state index contributed by atoms with van der Waals surface area (Å²) in [6.45, 7) is 0. The van der Waals surface area contributed by atoms with Gasteiger partial charge in [0, 0.05) is 0 Å². The predicted octanol–water partition coefficient (Wildman–Crippen LogP) is 3.33. The van der Waals surface area contributed by atoms with Gasteiger partial charge in [0.25, 0.3) is 0 Å². The number of thioether (sulfide) groups is 1. The largest absolute Gasteiger partial charge is 0.506 e. The van der Waals surface area contributed by atoms with Gasteiger partial charge in [-0.1, -0.05) is 30.3 Å². The van der Waals surface area contributed by atoms with Gasteiger partial charge in [0.1, 0.15) is 16.7 Å². The highest BCUT2D eigenvalue weighted by Gasteiger charge is 2.16. The Morgan fingerprint density at radius 2 is 1.84 bits per heavy atom. The minimum absolute atomic E-state index is 0.209. The van der Waals surface area contributed by atoms with Gasteiger partial charge in [0.15, 0.2) is 0 Å². The summed E-state index contributed by atoms with van der Waals surface area (Å²) in [5, 5.41) is 29.4. The minimum atomic E-state index is -1.23. The Morgan fingerprint density at radius 1 is 1.16 bits per heavy atom. The molecule has 0 amide bonds. The number of hydrogen-bond acceptors (Lipinski definition) is 4. The normalized spacial score (nSPS) is 9.84. The smallest absolute Gasteiger partial charge is 0.339 e. The Labute approximate surface area is 113 Å². The average molecular weight is 271 g/mol. The summed E-state index contributed by atoms with van der Waals surface area (Å²) < 4.78 is 0. The Morgan fingerprint density at radius 3 is 2.42 bits per heavy atom. The maximum Gasteiger partial charge on any atom is 0.339 e. The molecule has 4 nitrogen and oxygen atoms in total. The molecule has 2 aromatic carbocycles. The van der Waals surface area contributed by atoms with E-state index in [4.69, 9.17) is 10.4 Å². The summed E-state index contributed by atoms with van der Waals surface area (Å²) in [4.78, 5) is 11.3. The Hall–Kier alpha value is -2.45. The van der Waals surface area contributed by atoms with E-state index in [2.05, 4.69) is 0 Å². The molecule has 5 heteroatoms. The molecule has 0 radical (unpaired) electrons. The van der Waals surface area contributed by atoms with E-state index in [1.807, 2.05) is 35.7 Å². The highest BCUT2D eigenvalue weighted by atomic mass is 32.2. The molecule has 0 aromatic heterocycles. The van der Waals surface area contributed by atoms with Crippen molar-refractivity contribution in [2.24, 2.45) is 0 Å². The SMILES string of the molecule is N#CSc1cc(-c2ccccc2)cc(C(=O)O)c1O. The number of aromatic carboxylic acids is 1. The van der Waals surface area contributed by atoms with Crippen LogP contribution in [0.3, 0.4) is 0 Å². The number of phenols is 1. The first-order valence-electron chi connectivity index (χ1n) is 5.35. The second kappa shape index (κ2) is 5.46. The van der Waals surface area contributed by atoms with Crippen LogP contribution in [0, 0.1) is 10.7 Å². The number of nitrogens with zero attached hydrogens (tertiary/aromatic N) is 1. The third-order valence-electron chi connectivity index (χ3n) is 2.57. The van der Waals surface area contributed by atoms with Gasteiger partial charge in [0.05, 0.1) is 4.90 Å². The van der Waals surface area contributed by atoms with E-state index in [0.717, 1.165) is 17.3 Å². The van der Waals surface area contributed by atoms with Crippen molar-refractivity contribution in [2.45, 2.75) is 4.90 Å². The van der Waals surface area contributed by atoms with E-state index in [1.54, 1.807) is 6.07 Å². The van der Waals surface area contributed by atoms with Crippen LogP contribution in [-0.2, 0) is 0 Å². The van der Waals surface area contributed by atoms with Crippen molar-refractivity contribution in [3.63, 3.8) is 0 Å². The second-order valence-corrected chi connectivity index (χ2v) is 4.56. The summed E-state index contributed by atoms with van der Waals surface area (Å²) in [5.74, 6) is -1.60. The third kappa shape index (κ3) is 2.69. The lowest BCUT2D eigenvalue weighted by Crippen LogP contribution is -1.98. The molecule has 2 rings (SSSR count). The van der Waals surface area contributed by atoms with Crippen LogP contribution in [-0.4, -0.2) is 16.2 Å². The number of thiocyanates is 1. The van der Waals surface area contributed by atoms with Crippen LogP contribution in [0.2, 0.25) is 0 Å². The van der Waals surface area contributed by atoms with Crippen molar-refractivity contribution in [3.8, 4) is 22.3 Å². The molecule has 0 saturated heterocycles. The Balaban J connectivity index is 2.64. The fraction of sp³-hybridized carbons (Fsp3) is 0. The topological polar surface area (TPSA) is 81.3 Å². The standard InChI is InChI=1S/C14H9NO3S/c15-8-19-12-7-10(9-4-2-1-3-5-9)6-11(13(12)16)14(17)18/h1-7,16H,(H,17,18). The van der Waals surface area contributed by atoms with Gasteiger partial charge in [-0.2, -0.15) is 5.26 Å². The summed E-state index contributed by atoms with van der Waals surface area (Å²) in [7, 11) is 0. The highest BCUT2D eigenvalue weighted by molar-refractivity contribution is 8.03. The minimum Gasteiger partial charge on any atom is -0.506 e. The number of carboxylic acid groups (broad SMARTS) is 1. The molecule has 2 N–H and O–H groups in total. The molecule has 0 aliphatic rings. The molecule has 0 atom stereocenters. The van der Waals surface area contributed by atoms with Crippen molar-refractivity contribution in [1.29, 1.82) is 5.26 Å². The van der Waals surface area contributed by atoms with E-state index in [-0.39, 0.29) is 16.2 Å². The molecule has 0 saturated carbocycles. The maximum atomic E-state index is 11.1. The van der Waals surface area contributed by atoms with Crippen LogP contribution in [0.5, 0.6) is 5.75 Å². The monoisotopic (exact) mass is 271 g/mol. The van der Waals surface area contributed by atoms with Crippen LogP contribution in [0.25, 0.3) is 11.1 Å². The summed E-state index contributed by atoms with van der Waals surface area (Å²) in [6.07, 6.45) is 0. The van der Waals surface area contributed by atoms with Crippen molar-refractivity contribution in [3.05, 3.63) is 48.0 Å². The van der Waals surface area contributed by atoms with E-state index < -0.39 is 5.97 Å². The first-order valence-corrected chi connectivity index (χ1v) is 6.17. The quantitative estimate of drug-likeness (QED) is 0.661. The van der Waals surface area contributed by atoms with Gasteiger partial charge < -0.3 is 10.2 Å². The highest BCUT2D eigenvalue weighted by Crippen LogP contribution is 2.35. The van der Waals surface area contributed by atoms with Gasteiger partial charge >= 0.3 is 5.97 Å². The molecule has 0 spiro atoms. The average Bonchev–Trinajstić information content (AvgIpc) is 2.42. The van der Waals surface area contributed by atoms with Crippen LogP contribution >= 0.6 is 11.8 Å². The third-order valence-corrected chi connectivity index (χ3v) is 3.19. The molecule has 94 valence electrons. The van der Waals surface area contributed by atoms with Gasteiger partial charge in [-0.05, 0) is 35.0 Å². The second-order valence-electron chi connectivity index (χ2n) is 3.74. The van der Waals surface area contributed by atoms with Crippen LogP contribution in [0.1, 0.15) is 10.4 Å². The molecule has 19 heavy (non-hydrogen) atoms. The van der Waals surface area contributed by atoms with Crippen LogP contribution in [0.15, 0.2) is 47.4 Å². The number of carbonyl (C=O) groups is 1. The van der Waals surface area contributed by atoms with Crippen molar-refractivity contribution < 1.29 is 15.0 Å². The first kappa shape index (κ1) is 13.0. The van der Waals surface area contributed by atoms with Crippen molar-refractivity contribution in [1.82, 2.24) is 0 Å². The van der Waals surface area contributed by atoms with Gasteiger partial charge in [-0.25, -0.2) is 4.79 Å². The zero-order valence-electron chi connectivity index (χ0n) is 9.70. The lowest BCUT2D eigenvalue weighted by atomic mass is 10.0. The van der Waals surface area contributed by atoms with E-state index in [9.17, 15) is 9.90 Å². The number of benzene rings is 2. The molecule has 0 aliphatic heterocycles. The number of aromatic hydroxyl groups is 1. The molecule has 0 fully saturated rings. The summed E-state index contributed by atoms with van der Waals surface area (Å²) in [5.41, 5.74) is 1.26. The lowest BCUT2D eigenvalue weighted by molar-refractivity contribution is 0.0693. The fourth-order valence-electron chi connectivity index (χ4n) is 1.70. The Kier molecular flexibility index (Phi) is 3.74. The molecule has 0 unspecified atom stereocenters. The first-order chi connectivity index (χ1) is 9.13. The van der Waals surface area contributed by atoms with Gasteiger partial charge in [0.2, 0.25) is 0 Å². The van der Waals surface area contributed by atoms with Crippen molar-refractivity contribution >= 4 is 17.7 Å². The van der Waals surface area contributed by atoms with E-state index >= 15 is 0 Å². The molecular weight excluding hydrogens is 262 g/mol. The molecule has 2 aromatic rings. The number of rotatable bonds is 3. The zero-order valence-corrected chi connectivity index (χ0v) is 10.5. The molecule has 0 heterocycles. The van der Waals surface area contributed by atoms with Gasteiger partial charge in [-0.3, -0.25) is 0 Å². The lowest BCUT2D eigenvalue weighted by Gasteiger charge is -2.08. The molecular formula is C14H9NO3S. The predicted molar refractivity (Wildman–Crippen MR) is 72.0 cm³/mol. The summed E-state index contributed by atoms with van der Waals surface area (Å²) in [6, 6.07) is 12.2. The van der Waals surface area contributed by atoms with Crippen molar-refractivity contribution in [2.75, 3.05) is 0 Å². The number of carboxylic acids is 1. The Bertz CT molecular complexity index is 662. The maximum absolute atomic E-state index is 11.1. The zero-order chi connectivity index (χ0) is 13.8. The number of nitriles is 1. The van der Waals surface area contributed by atoms with E-state index in [0.29, 0.717) is 5.56 Å². The fourth-order valence-corrected chi connectivity index (χ4v) is 2.19. The van der Waals surface area contributed by atoms with Crippen LogP contribution < -0.4 is 0 Å². The van der Waals surface area contributed by atoms with Gasteiger partial charge in [-0.15, -0.1) is 0 Å². The summed E-state index contributed by atoms with van der Waals surface area (Å²) >= 11 is 0.735. The van der Waals surface area contributed by atoms with E-state index in [1.165, 1.54) is 6.07 Å². The van der Waals surface area contributed by atoms with Crippen LogP contribution in [0.4, 0.5) is 0 Å². The molecule has 0 bridgehead atoms.